The Balaban J connectivity index is 1.64. The minimum absolute atomic E-state index is 0.0605. The third kappa shape index (κ3) is 4.07. The molecule has 1 aromatic heterocycles. The van der Waals surface area contributed by atoms with Crippen LogP contribution in [0.2, 0.25) is 0 Å². The lowest BCUT2D eigenvalue weighted by atomic mass is 10.2. The molecule has 0 aliphatic rings. The van der Waals surface area contributed by atoms with E-state index in [1.165, 1.54) is 6.07 Å². The Kier molecular flexibility index (Phi) is 5.29. The summed E-state index contributed by atoms with van der Waals surface area (Å²) in [6.45, 7) is 1.69. The van der Waals surface area contributed by atoms with E-state index < -0.39 is 11.1 Å². The topological polar surface area (TPSA) is 91.8 Å². The van der Waals surface area contributed by atoms with E-state index >= 15 is 0 Å². The van der Waals surface area contributed by atoms with Crippen LogP contribution in [0.3, 0.4) is 0 Å². The second-order valence-corrected chi connectivity index (χ2v) is 6.58. The first-order chi connectivity index (χ1) is 12.6. The molecule has 0 radical (unpaired) electrons. The molecule has 26 heavy (non-hydrogen) atoms. The molecular formula is C18H13FN4O2S. The summed E-state index contributed by atoms with van der Waals surface area (Å²) < 4.78 is 19.2. The van der Waals surface area contributed by atoms with E-state index in [0.717, 1.165) is 11.8 Å². The highest BCUT2D eigenvalue weighted by Crippen LogP contribution is 2.27. The average molecular weight is 368 g/mol. The highest BCUT2D eigenvalue weighted by Gasteiger charge is 2.19. The summed E-state index contributed by atoms with van der Waals surface area (Å²) >= 11 is 1.07. The summed E-state index contributed by atoms with van der Waals surface area (Å²) in [6.07, 6.45) is 0. The molecule has 0 saturated heterocycles. The van der Waals surface area contributed by atoms with Gasteiger partial charge in [0.1, 0.15) is 5.82 Å². The fourth-order valence-corrected chi connectivity index (χ4v) is 2.76. The molecule has 1 N–H and O–H groups in total. The fraction of sp³-hybridized carbons (Fsp3) is 0.111. The monoisotopic (exact) mass is 368 g/mol. The Morgan fingerprint density at radius 1 is 1.23 bits per heavy atom. The molecule has 130 valence electrons. The number of rotatable bonds is 5. The zero-order chi connectivity index (χ0) is 18.5. The minimum atomic E-state index is -0.514. The number of benzene rings is 2. The van der Waals surface area contributed by atoms with Crippen LogP contribution in [0.15, 0.2) is 58.2 Å². The number of carbonyl (C=O) groups is 1. The summed E-state index contributed by atoms with van der Waals surface area (Å²) in [5, 5.41) is 18.8. The van der Waals surface area contributed by atoms with Crippen LogP contribution in [0, 0.1) is 17.1 Å². The SMILES string of the molecule is C[C@@H](Sc1nnc(-c2ccccc2F)o1)C(=O)Nc1ccc(C#N)cc1. The molecular weight excluding hydrogens is 355 g/mol. The molecule has 2 aromatic carbocycles. The van der Waals surface area contributed by atoms with Gasteiger partial charge in [0, 0.05) is 5.69 Å². The molecule has 6 nitrogen and oxygen atoms in total. The van der Waals surface area contributed by atoms with Crippen molar-refractivity contribution in [3.63, 3.8) is 0 Å². The van der Waals surface area contributed by atoms with Crippen LogP contribution < -0.4 is 5.32 Å². The van der Waals surface area contributed by atoms with Gasteiger partial charge in [-0.15, -0.1) is 10.2 Å². The van der Waals surface area contributed by atoms with Crippen LogP contribution in [0.4, 0.5) is 10.1 Å². The first-order valence-electron chi connectivity index (χ1n) is 7.63. The maximum absolute atomic E-state index is 13.8. The number of nitrogens with one attached hydrogen (secondary N) is 1. The Morgan fingerprint density at radius 3 is 2.65 bits per heavy atom. The van der Waals surface area contributed by atoms with Gasteiger partial charge < -0.3 is 9.73 Å². The molecule has 0 fully saturated rings. The normalized spacial score (nSPS) is 11.6. The van der Waals surface area contributed by atoms with Crippen molar-refractivity contribution in [2.45, 2.75) is 17.4 Å². The fourth-order valence-electron chi connectivity index (χ4n) is 2.08. The predicted molar refractivity (Wildman–Crippen MR) is 94.8 cm³/mol. The second kappa shape index (κ2) is 7.80. The summed E-state index contributed by atoms with van der Waals surface area (Å²) in [7, 11) is 0. The smallest absolute Gasteiger partial charge is 0.277 e. The summed E-state index contributed by atoms with van der Waals surface area (Å²) in [5.41, 5.74) is 1.30. The third-order valence-corrected chi connectivity index (χ3v) is 4.37. The van der Waals surface area contributed by atoms with Gasteiger partial charge in [-0.3, -0.25) is 4.79 Å². The van der Waals surface area contributed by atoms with Crippen LogP contribution in [0.1, 0.15) is 12.5 Å². The maximum Gasteiger partial charge on any atom is 0.277 e. The van der Waals surface area contributed by atoms with Crippen LogP contribution >= 0.6 is 11.8 Å². The van der Waals surface area contributed by atoms with Crippen molar-refractivity contribution < 1.29 is 13.6 Å². The van der Waals surface area contributed by atoms with Gasteiger partial charge in [0.2, 0.25) is 5.91 Å². The van der Waals surface area contributed by atoms with Crippen LogP contribution in [-0.2, 0) is 4.79 Å². The van der Waals surface area contributed by atoms with Crippen LogP contribution in [0.25, 0.3) is 11.5 Å². The number of carbonyl (C=O) groups excluding carboxylic acids is 1. The number of nitrogens with zero attached hydrogens (tertiary/aromatic N) is 3. The highest BCUT2D eigenvalue weighted by molar-refractivity contribution is 8.00. The zero-order valence-electron chi connectivity index (χ0n) is 13.6. The quantitative estimate of drug-likeness (QED) is 0.688. The molecule has 0 spiro atoms. The number of hydrogen-bond donors (Lipinski definition) is 1. The Morgan fingerprint density at radius 2 is 1.96 bits per heavy atom. The Hall–Kier alpha value is -3.18. The summed E-state index contributed by atoms with van der Waals surface area (Å²) in [4.78, 5) is 12.3. The third-order valence-electron chi connectivity index (χ3n) is 3.44. The van der Waals surface area contributed by atoms with Crippen molar-refractivity contribution in [3.05, 3.63) is 59.9 Å². The number of amides is 1. The van der Waals surface area contributed by atoms with Gasteiger partial charge in [0.05, 0.1) is 22.4 Å². The molecule has 8 heteroatoms. The molecule has 0 aliphatic heterocycles. The lowest BCUT2D eigenvalue weighted by Gasteiger charge is -2.09. The van der Waals surface area contributed by atoms with Gasteiger partial charge in [-0.05, 0) is 43.3 Å². The largest absolute Gasteiger partial charge is 0.411 e. The molecule has 1 heterocycles. The number of halogens is 1. The second-order valence-electron chi connectivity index (χ2n) is 5.29. The van der Waals surface area contributed by atoms with E-state index in [1.54, 1.807) is 49.4 Å². The van der Waals surface area contributed by atoms with Gasteiger partial charge >= 0.3 is 0 Å². The molecule has 0 aliphatic carbocycles. The lowest BCUT2D eigenvalue weighted by molar-refractivity contribution is -0.115. The van der Waals surface area contributed by atoms with Gasteiger partial charge in [0.25, 0.3) is 11.1 Å². The highest BCUT2D eigenvalue weighted by atomic mass is 32.2. The van der Waals surface area contributed by atoms with Crippen molar-refractivity contribution in [2.24, 2.45) is 0 Å². The van der Waals surface area contributed by atoms with Crippen molar-refractivity contribution in [1.29, 1.82) is 5.26 Å². The molecule has 0 saturated carbocycles. The standard InChI is InChI=1S/C18H13FN4O2S/c1-11(16(24)21-13-8-6-12(10-20)7-9-13)26-18-23-22-17(25-18)14-4-2-3-5-15(14)19/h2-9,11H,1H3,(H,21,24)/t11-/m1/s1. The molecule has 1 atom stereocenters. The van der Waals surface area contributed by atoms with Gasteiger partial charge in [-0.2, -0.15) is 5.26 Å². The Bertz CT molecular complexity index is 966. The average Bonchev–Trinajstić information content (AvgIpc) is 3.11. The number of thioether (sulfide) groups is 1. The molecule has 0 unspecified atom stereocenters. The van der Waals surface area contributed by atoms with E-state index in [1.807, 2.05) is 6.07 Å². The van der Waals surface area contributed by atoms with Gasteiger partial charge in [-0.25, -0.2) is 4.39 Å². The van der Waals surface area contributed by atoms with Crippen molar-refractivity contribution in [3.8, 4) is 17.5 Å². The molecule has 0 bridgehead atoms. The number of hydrogen-bond acceptors (Lipinski definition) is 6. The van der Waals surface area contributed by atoms with E-state index in [2.05, 4.69) is 15.5 Å². The van der Waals surface area contributed by atoms with E-state index in [9.17, 15) is 9.18 Å². The number of aromatic nitrogens is 2. The van der Waals surface area contributed by atoms with Crippen LogP contribution in [-0.4, -0.2) is 21.4 Å². The molecule has 3 aromatic rings. The van der Waals surface area contributed by atoms with Gasteiger partial charge in [-0.1, -0.05) is 23.9 Å². The lowest BCUT2D eigenvalue weighted by Crippen LogP contribution is -2.22. The van der Waals surface area contributed by atoms with E-state index in [0.29, 0.717) is 11.3 Å². The number of nitriles is 1. The maximum atomic E-state index is 13.8. The van der Waals surface area contributed by atoms with Crippen molar-refractivity contribution in [1.82, 2.24) is 10.2 Å². The predicted octanol–water partition coefficient (Wildman–Crippen LogP) is 3.87. The van der Waals surface area contributed by atoms with E-state index in [4.69, 9.17) is 9.68 Å². The van der Waals surface area contributed by atoms with Crippen molar-refractivity contribution >= 4 is 23.4 Å². The first-order valence-corrected chi connectivity index (χ1v) is 8.51. The minimum Gasteiger partial charge on any atom is -0.411 e. The first kappa shape index (κ1) is 17.6. The summed E-state index contributed by atoms with van der Waals surface area (Å²) in [5.74, 6) is -0.657. The summed E-state index contributed by atoms with van der Waals surface area (Å²) in [6, 6.07) is 14.6. The Labute approximate surface area is 153 Å². The van der Waals surface area contributed by atoms with Crippen molar-refractivity contribution in [2.75, 3.05) is 5.32 Å². The molecule has 3 rings (SSSR count). The van der Waals surface area contributed by atoms with E-state index in [-0.39, 0.29) is 22.6 Å². The number of anilines is 1. The van der Waals surface area contributed by atoms with Crippen LogP contribution in [0.5, 0.6) is 0 Å². The zero-order valence-corrected chi connectivity index (χ0v) is 14.5. The van der Waals surface area contributed by atoms with Gasteiger partial charge in [0.15, 0.2) is 0 Å². The molecule has 1 amide bonds.